The molecule has 0 aliphatic carbocycles. The first-order valence-electron chi connectivity index (χ1n) is 7.43. The zero-order valence-electron chi connectivity index (χ0n) is 12.3. The van der Waals surface area contributed by atoms with E-state index in [9.17, 15) is 0 Å². The van der Waals surface area contributed by atoms with Crippen molar-refractivity contribution >= 4 is 36.5 Å². The van der Waals surface area contributed by atoms with Gasteiger partial charge in [-0.15, -0.1) is 0 Å². The predicted molar refractivity (Wildman–Crippen MR) is 91.5 cm³/mol. The molecule has 0 spiro atoms. The number of ether oxygens (including phenoxy) is 2. The molecule has 21 heavy (non-hydrogen) atoms. The maximum Gasteiger partial charge on any atom is 0.229 e. The Labute approximate surface area is 139 Å². The molecular formula is C13H20BIN4O2. The second-order valence-electron chi connectivity index (χ2n) is 5.55. The first-order valence-corrected chi connectivity index (χ1v) is 8.51. The number of halogens is 1. The highest BCUT2D eigenvalue weighted by Crippen LogP contribution is 2.21. The van der Waals surface area contributed by atoms with Gasteiger partial charge in [0.2, 0.25) is 11.8 Å². The van der Waals surface area contributed by atoms with E-state index in [-0.39, 0.29) is 6.10 Å². The molecular weight excluding hydrogens is 382 g/mol. The number of piperidine rings is 1. The van der Waals surface area contributed by atoms with E-state index in [0.29, 0.717) is 5.88 Å². The monoisotopic (exact) mass is 402 g/mol. The van der Waals surface area contributed by atoms with E-state index in [1.54, 1.807) is 0 Å². The SMILES string of the molecule is BN1CCC(Oc2cc(I)nc(N3CCOCC3)n2)CC1. The molecule has 6 nitrogen and oxygen atoms in total. The summed E-state index contributed by atoms with van der Waals surface area (Å²) in [6.45, 7) is 5.33. The van der Waals surface area contributed by atoms with Gasteiger partial charge in [0.1, 0.15) is 9.80 Å². The third-order valence-electron chi connectivity index (χ3n) is 3.91. The summed E-state index contributed by atoms with van der Waals surface area (Å²) < 4.78 is 12.4. The van der Waals surface area contributed by atoms with Crippen LogP contribution in [-0.2, 0) is 4.74 Å². The van der Waals surface area contributed by atoms with Gasteiger partial charge in [0.25, 0.3) is 0 Å². The van der Waals surface area contributed by atoms with Crippen molar-refractivity contribution < 1.29 is 9.47 Å². The van der Waals surface area contributed by atoms with Crippen LogP contribution in [0.2, 0.25) is 0 Å². The van der Waals surface area contributed by atoms with E-state index >= 15 is 0 Å². The molecule has 0 amide bonds. The molecule has 0 saturated carbocycles. The van der Waals surface area contributed by atoms with Crippen molar-refractivity contribution in [2.45, 2.75) is 18.9 Å². The minimum Gasteiger partial charge on any atom is -0.474 e. The Balaban J connectivity index is 1.68. The van der Waals surface area contributed by atoms with Crippen LogP contribution < -0.4 is 9.64 Å². The summed E-state index contributed by atoms with van der Waals surface area (Å²) in [5.41, 5.74) is 0. The van der Waals surface area contributed by atoms with Crippen LogP contribution in [0, 0.1) is 3.70 Å². The number of morpholine rings is 1. The molecule has 2 aliphatic rings. The van der Waals surface area contributed by atoms with Crippen molar-refractivity contribution in [1.82, 2.24) is 14.8 Å². The molecule has 2 saturated heterocycles. The first kappa shape index (κ1) is 15.3. The molecule has 0 bridgehead atoms. The molecule has 0 unspecified atom stereocenters. The highest BCUT2D eigenvalue weighted by atomic mass is 127. The highest BCUT2D eigenvalue weighted by Gasteiger charge is 2.20. The average molecular weight is 402 g/mol. The molecule has 0 radical (unpaired) electrons. The fourth-order valence-electron chi connectivity index (χ4n) is 2.62. The fourth-order valence-corrected chi connectivity index (χ4v) is 3.11. The standard InChI is InChI=1S/C13H20BIN4O2/c14-19-3-1-10(2-4-19)21-12-9-11(15)16-13(17-12)18-5-7-20-8-6-18/h9-10H,1-8,14H2. The third kappa shape index (κ3) is 4.20. The lowest BCUT2D eigenvalue weighted by Gasteiger charge is -2.30. The van der Waals surface area contributed by atoms with Crippen LogP contribution in [0.25, 0.3) is 0 Å². The van der Waals surface area contributed by atoms with Crippen LogP contribution in [0.15, 0.2) is 6.07 Å². The minimum absolute atomic E-state index is 0.268. The average Bonchev–Trinajstić information content (AvgIpc) is 2.50. The van der Waals surface area contributed by atoms with Crippen LogP contribution in [0.3, 0.4) is 0 Å². The smallest absolute Gasteiger partial charge is 0.229 e. The van der Waals surface area contributed by atoms with E-state index in [2.05, 4.69) is 50.3 Å². The Morgan fingerprint density at radius 3 is 2.62 bits per heavy atom. The van der Waals surface area contributed by atoms with Gasteiger partial charge in [-0.1, -0.05) is 0 Å². The first-order chi connectivity index (χ1) is 10.2. The topological polar surface area (TPSA) is 50.7 Å². The molecule has 0 atom stereocenters. The second kappa shape index (κ2) is 7.10. The van der Waals surface area contributed by atoms with Crippen LogP contribution >= 0.6 is 22.6 Å². The number of rotatable bonds is 3. The van der Waals surface area contributed by atoms with Crippen molar-refractivity contribution in [2.24, 2.45) is 0 Å². The maximum absolute atomic E-state index is 6.08. The summed E-state index contributed by atoms with van der Waals surface area (Å²) in [6, 6.07) is 1.92. The Morgan fingerprint density at radius 1 is 1.19 bits per heavy atom. The molecule has 3 heterocycles. The van der Waals surface area contributed by atoms with E-state index in [1.807, 2.05) is 6.07 Å². The highest BCUT2D eigenvalue weighted by molar-refractivity contribution is 14.1. The minimum atomic E-state index is 0.268. The largest absolute Gasteiger partial charge is 0.474 e. The quantitative estimate of drug-likeness (QED) is 0.412. The van der Waals surface area contributed by atoms with Crippen molar-refractivity contribution in [3.8, 4) is 5.88 Å². The Bertz CT molecular complexity index is 479. The predicted octanol–water partition coefficient (Wildman–Crippen LogP) is 0.309. The van der Waals surface area contributed by atoms with Crippen LogP contribution in [0.1, 0.15) is 12.8 Å². The Hall–Kier alpha value is -0.605. The third-order valence-corrected chi connectivity index (χ3v) is 4.46. The van der Waals surface area contributed by atoms with Crippen molar-refractivity contribution in [3.05, 3.63) is 9.77 Å². The van der Waals surface area contributed by atoms with Crippen LogP contribution in [0.5, 0.6) is 5.88 Å². The zero-order chi connectivity index (χ0) is 14.7. The Kier molecular flexibility index (Phi) is 5.17. The summed E-state index contributed by atoms with van der Waals surface area (Å²) in [4.78, 5) is 13.6. The second-order valence-corrected chi connectivity index (χ2v) is 6.65. The van der Waals surface area contributed by atoms with Gasteiger partial charge >= 0.3 is 0 Å². The van der Waals surface area contributed by atoms with Crippen molar-refractivity contribution in [1.29, 1.82) is 0 Å². The molecule has 8 heteroatoms. The van der Waals surface area contributed by atoms with E-state index < -0.39 is 0 Å². The van der Waals surface area contributed by atoms with Crippen molar-refractivity contribution in [2.75, 3.05) is 44.3 Å². The lowest BCUT2D eigenvalue weighted by molar-refractivity contribution is 0.120. The Morgan fingerprint density at radius 2 is 1.90 bits per heavy atom. The number of anilines is 1. The van der Waals surface area contributed by atoms with Crippen LogP contribution in [-0.4, -0.2) is 68.3 Å². The van der Waals surface area contributed by atoms with Gasteiger partial charge in [0.05, 0.1) is 13.2 Å². The number of hydrogen-bond acceptors (Lipinski definition) is 6. The van der Waals surface area contributed by atoms with Gasteiger partial charge < -0.3 is 19.2 Å². The fraction of sp³-hybridized carbons (Fsp3) is 0.692. The lowest BCUT2D eigenvalue weighted by atomic mass is 10.1. The molecule has 2 fully saturated rings. The molecule has 2 aliphatic heterocycles. The van der Waals surface area contributed by atoms with E-state index in [1.165, 1.54) is 0 Å². The van der Waals surface area contributed by atoms with Crippen LogP contribution in [0.4, 0.5) is 5.95 Å². The molecule has 3 rings (SSSR count). The van der Waals surface area contributed by atoms with E-state index in [4.69, 9.17) is 9.47 Å². The molecule has 1 aromatic rings. The van der Waals surface area contributed by atoms with Gasteiger partial charge in [0.15, 0.2) is 7.98 Å². The summed E-state index contributed by atoms with van der Waals surface area (Å²) in [7, 11) is 2.15. The molecule has 114 valence electrons. The summed E-state index contributed by atoms with van der Waals surface area (Å²) in [5.74, 6) is 1.46. The number of aromatic nitrogens is 2. The molecule has 1 aromatic heterocycles. The van der Waals surface area contributed by atoms with Crippen molar-refractivity contribution in [3.63, 3.8) is 0 Å². The van der Waals surface area contributed by atoms with Gasteiger partial charge in [-0.05, 0) is 48.5 Å². The molecule has 0 aromatic carbocycles. The summed E-state index contributed by atoms with van der Waals surface area (Å²) in [5, 5.41) is 0. The maximum atomic E-state index is 6.08. The lowest BCUT2D eigenvalue weighted by Crippen LogP contribution is -2.38. The number of hydrogen-bond donors (Lipinski definition) is 0. The van der Waals surface area contributed by atoms with Gasteiger partial charge in [-0.2, -0.15) is 4.98 Å². The zero-order valence-corrected chi connectivity index (χ0v) is 14.5. The normalized spacial score (nSPS) is 21.5. The van der Waals surface area contributed by atoms with Gasteiger partial charge in [0, 0.05) is 19.2 Å². The van der Waals surface area contributed by atoms with Gasteiger partial charge in [-0.25, -0.2) is 4.98 Å². The summed E-state index contributed by atoms with van der Waals surface area (Å²) >= 11 is 2.23. The van der Waals surface area contributed by atoms with Gasteiger partial charge in [-0.3, -0.25) is 0 Å². The van der Waals surface area contributed by atoms with E-state index in [0.717, 1.165) is 61.9 Å². The number of nitrogens with zero attached hydrogens (tertiary/aromatic N) is 4. The summed E-state index contributed by atoms with van der Waals surface area (Å²) in [6.07, 6.45) is 2.39. The molecule has 0 N–H and O–H groups in total.